The van der Waals surface area contributed by atoms with Gasteiger partial charge in [0.15, 0.2) is 0 Å². The quantitative estimate of drug-likeness (QED) is 0.640. The number of nitrogens with one attached hydrogen (secondary N) is 1. The fraction of sp³-hybridized carbons (Fsp3) is 0.333. The number of benzene rings is 2. The van der Waals surface area contributed by atoms with E-state index >= 15 is 0 Å². The molecular formula is C24H25N3O3. The number of hydrogen-bond donors (Lipinski definition) is 1. The third kappa shape index (κ3) is 3.17. The van der Waals surface area contributed by atoms with Gasteiger partial charge in [0.05, 0.1) is 18.2 Å². The molecule has 2 aliphatic rings. The summed E-state index contributed by atoms with van der Waals surface area (Å²) in [6, 6.07) is 13.6. The van der Waals surface area contributed by atoms with E-state index in [1.807, 2.05) is 12.1 Å². The number of carbonyl (C=O) groups is 2. The Balaban J connectivity index is 1.28. The Labute approximate surface area is 175 Å². The average molecular weight is 403 g/mol. The SMILES string of the molecule is COc1ccc2[nH]cc(C[C@H]3CCCN3CCN3C(=O)c4ccccc4C3=O)c2c1. The molecule has 1 N–H and O–H groups in total. The van der Waals surface area contributed by atoms with Crippen LogP contribution in [0.5, 0.6) is 5.75 Å². The summed E-state index contributed by atoms with van der Waals surface area (Å²) < 4.78 is 5.39. The summed E-state index contributed by atoms with van der Waals surface area (Å²) in [7, 11) is 1.69. The molecule has 2 aromatic carbocycles. The van der Waals surface area contributed by atoms with Gasteiger partial charge in [-0.3, -0.25) is 19.4 Å². The number of fused-ring (bicyclic) bond motifs is 2. The van der Waals surface area contributed by atoms with Gasteiger partial charge in [0, 0.05) is 36.2 Å². The number of amides is 2. The fourth-order valence-electron chi connectivity index (χ4n) is 4.80. The number of aromatic nitrogens is 1. The largest absolute Gasteiger partial charge is 0.497 e. The van der Waals surface area contributed by atoms with Crippen LogP contribution in [0.1, 0.15) is 39.1 Å². The van der Waals surface area contributed by atoms with Crippen LogP contribution in [0.4, 0.5) is 0 Å². The standard InChI is InChI=1S/C24H25N3O3/c1-30-18-8-9-22-21(14-18)16(15-25-22)13-17-5-4-10-26(17)11-12-27-23(28)19-6-2-3-7-20(19)24(27)29/h2-3,6-9,14-15,17,25H,4-5,10-13H2,1H3/t17-/m1/s1. The van der Waals surface area contributed by atoms with Gasteiger partial charge >= 0.3 is 0 Å². The molecule has 2 amide bonds. The molecule has 154 valence electrons. The van der Waals surface area contributed by atoms with E-state index in [0.29, 0.717) is 30.3 Å². The lowest BCUT2D eigenvalue weighted by atomic mass is 10.0. The van der Waals surface area contributed by atoms with Gasteiger partial charge in [-0.25, -0.2) is 0 Å². The van der Waals surface area contributed by atoms with E-state index in [-0.39, 0.29) is 11.8 Å². The lowest BCUT2D eigenvalue weighted by Gasteiger charge is -2.26. The van der Waals surface area contributed by atoms with E-state index in [1.165, 1.54) is 15.8 Å². The lowest BCUT2D eigenvalue weighted by molar-refractivity contribution is 0.0633. The first-order valence-corrected chi connectivity index (χ1v) is 10.5. The molecule has 0 saturated carbocycles. The number of H-pyrrole nitrogens is 1. The zero-order chi connectivity index (χ0) is 20.7. The van der Waals surface area contributed by atoms with Crippen molar-refractivity contribution < 1.29 is 14.3 Å². The Morgan fingerprint density at radius 3 is 2.57 bits per heavy atom. The van der Waals surface area contributed by atoms with Crippen LogP contribution in [0.3, 0.4) is 0 Å². The van der Waals surface area contributed by atoms with E-state index in [2.05, 4.69) is 22.1 Å². The van der Waals surface area contributed by atoms with Gasteiger partial charge in [0.25, 0.3) is 11.8 Å². The number of likely N-dealkylation sites (tertiary alicyclic amines) is 1. The van der Waals surface area contributed by atoms with Gasteiger partial charge in [-0.15, -0.1) is 0 Å². The van der Waals surface area contributed by atoms with Crippen molar-refractivity contribution in [3.8, 4) is 5.75 Å². The fourth-order valence-corrected chi connectivity index (χ4v) is 4.80. The monoisotopic (exact) mass is 403 g/mol. The van der Waals surface area contributed by atoms with Gasteiger partial charge in [0.1, 0.15) is 5.75 Å². The van der Waals surface area contributed by atoms with Crippen LogP contribution in [0.15, 0.2) is 48.7 Å². The number of aromatic amines is 1. The predicted octanol–water partition coefficient (Wildman–Crippen LogP) is 3.48. The number of imide groups is 1. The molecule has 6 nitrogen and oxygen atoms in total. The zero-order valence-electron chi connectivity index (χ0n) is 17.1. The van der Waals surface area contributed by atoms with Crippen molar-refractivity contribution in [3.05, 3.63) is 65.4 Å². The highest BCUT2D eigenvalue weighted by Crippen LogP contribution is 2.28. The third-order valence-electron chi connectivity index (χ3n) is 6.42. The molecule has 0 bridgehead atoms. The molecule has 0 radical (unpaired) electrons. The Kier molecular flexibility index (Phi) is 4.79. The first-order valence-electron chi connectivity index (χ1n) is 10.5. The Morgan fingerprint density at radius 1 is 1.07 bits per heavy atom. The van der Waals surface area contributed by atoms with Gasteiger partial charge < -0.3 is 9.72 Å². The van der Waals surface area contributed by atoms with Crippen molar-refractivity contribution in [2.75, 3.05) is 26.7 Å². The van der Waals surface area contributed by atoms with E-state index in [4.69, 9.17) is 4.74 Å². The van der Waals surface area contributed by atoms with Crippen LogP contribution in [0.25, 0.3) is 10.9 Å². The summed E-state index contributed by atoms with van der Waals surface area (Å²) in [6.07, 6.45) is 5.29. The molecule has 2 aliphatic heterocycles. The Hall–Kier alpha value is -3.12. The van der Waals surface area contributed by atoms with Crippen molar-refractivity contribution in [2.45, 2.75) is 25.3 Å². The smallest absolute Gasteiger partial charge is 0.261 e. The first-order chi connectivity index (χ1) is 14.7. The van der Waals surface area contributed by atoms with Gasteiger partial charge in [0.2, 0.25) is 0 Å². The maximum atomic E-state index is 12.6. The molecule has 1 atom stereocenters. The van der Waals surface area contributed by atoms with Crippen molar-refractivity contribution in [3.63, 3.8) is 0 Å². The molecule has 0 spiro atoms. The number of carbonyl (C=O) groups excluding carboxylic acids is 2. The minimum atomic E-state index is -0.171. The summed E-state index contributed by atoms with van der Waals surface area (Å²) in [5, 5.41) is 1.20. The van der Waals surface area contributed by atoms with Crippen molar-refractivity contribution in [2.24, 2.45) is 0 Å². The molecule has 30 heavy (non-hydrogen) atoms. The summed E-state index contributed by atoms with van der Waals surface area (Å²) in [4.78, 5) is 32.4. The Morgan fingerprint density at radius 2 is 1.83 bits per heavy atom. The van der Waals surface area contributed by atoms with Gasteiger partial charge in [-0.1, -0.05) is 12.1 Å². The number of rotatable bonds is 6. The molecule has 0 aliphatic carbocycles. The van der Waals surface area contributed by atoms with Crippen molar-refractivity contribution >= 4 is 22.7 Å². The van der Waals surface area contributed by atoms with E-state index in [1.54, 1.807) is 31.4 Å². The molecule has 5 rings (SSSR count). The van der Waals surface area contributed by atoms with Crippen LogP contribution < -0.4 is 4.74 Å². The summed E-state index contributed by atoms with van der Waals surface area (Å²) in [5.74, 6) is 0.516. The van der Waals surface area contributed by atoms with Crippen LogP contribution in [-0.4, -0.2) is 59.4 Å². The first kappa shape index (κ1) is 18.9. The maximum absolute atomic E-state index is 12.6. The zero-order valence-corrected chi connectivity index (χ0v) is 17.1. The normalized spacial score (nSPS) is 19.1. The van der Waals surface area contributed by atoms with Crippen LogP contribution in [-0.2, 0) is 6.42 Å². The lowest BCUT2D eigenvalue weighted by Crippen LogP contribution is -2.40. The second-order valence-electron chi connectivity index (χ2n) is 8.07. The third-order valence-corrected chi connectivity index (χ3v) is 6.42. The number of methoxy groups -OCH3 is 1. The Bertz CT molecular complexity index is 1080. The molecule has 1 aromatic heterocycles. The predicted molar refractivity (Wildman–Crippen MR) is 115 cm³/mol. The molecule has 3 aromatic rings. The highest BCUT2D eigenvalue weighted by atomic mass is 16.5. The average Bonchev–Trinajstić information content (AvgIpc) is 3.45. The molecule has 0 unspecified atom stereocenters. The minimum absolute atomic E-state index is 0.171. The molecule has 6 heteroatoms. The molecule has 3 heterocycles. The van der Waals surface area contributed by atoms with E-state index < -0.39 is 0 Å². The van der Waals surface area contributed by atoms with Crippen molar-refractivity contribution in [1.29, 1.82) is 0 Å². The molecule has 1 fully saturated rings. The second kappa shape index (κ2) is 7.61. The molecule has 1 saturated heterocycles. The van der Waals surface area contributed by atoms with Crippen molar-refractivity contribution in [1.82, 2.24) is 14.8 Å². The van der Waals surface area contributed by atoms with Gasteiger partial charge in [-0.05, 0) is 61.7 Å². The van der Waals surface area contributed by atoms with Gasteiger partial charge in [-0.2, -0.15) is 0 Å². The highest BCUT2D eigenvalue weighted by molar-refractivity contribution is 6.21. The number of hydrogen-bond acceptors (Lipinski definition) is 4. The van der Waals surface area contributed by atoms with E-state index in [0.717, 1.165) is 37.1 Å². The second-order valence-corrected chi connectivity index (χ2v) is 8.07. The van der Waals surface area contributed by atoms with Crippen LogP contribution >= 0.6 is 0 Å². The highest BCUT2D eigenvalue weighted by Gasteiger charge is 2.36. The van der Waals surface area contributed by atoms with Crippen LogP contribution in [0.2, 0.25) is 0 Å². The van der Waals surface area contributed by atoms with Crippen LogP contribution in [0, 0.1) is 0 Å². The number of ether oxygens (including phenoxy) is 1. The molecular weight excluding hydrogens is 378 g/mol. The van der Waals surface area contributed by atoms with E-state index in [9.17, 15) is 9.59 Å². The minimum Gasteiger partial charge on any atom is -0.497 e. The summed E-state index contributed by atoms with van der Waals surface area (Å²) >= 11 is 0. The topological polar surface area (TPSA) is 65.6 Å². The maximum Gasteiger partial charge on any atom is 0.261 e. The summed E-state index contributed by atoms with van der Waals surface area (Å²) in [6.45, 7) is 2.14. The number of nitrogens with zero attached hydrogens (tertiary/aromatic N) is 2. The summed E-state index contributed by atoms with van der Waals surface area (Å²) in [5.41, 5.74) is 3.43.